The molecule has 0 saturated carbocycles. The molecule has 0 unspecified atom stereocenters. The van der Waals surface area contributed by atoms with Crippen molar-refractivity contribution in [1.82, 2.24) is 4.98 Å². The highest BCUT2D eigenvalue weighted by molar-refractivity contribution is 5.81. The number of aryl methyl sites for hydroxylation is 1. The number of pyridine rings is 1. The number of methoxy groups -OCH3 is 1. The van der Waals surface area contributed by atoms with Gasteiger partial charge in [-0.1, -0.05) is 12.1 Å². The monoisotopic (exact) mass is 252 g/mol. The van der Waals surface area contributed by atoms with Gasteiger partial charge in [-0.3, -0.25) is 0 Å². The molecular formula is C15H12N2O2. The zero-order valence-electron chi connectivity index (χ0n) is 10.5. The van der Waals surface area contributed by atoms with Gasteiger partial charge in [-0.15, -0.1) is 0 Å². The minimum atomic E-state index is 0.543. The van der Waals surface area contributed by atoms with Gasteiger partial charge in [0, 0.05) is 17.8 Å². The van der Waals surface area contributed by atoms with E-state index >= 15 is 0 Å². The van der Waals surface area contributed by atoms with Gasteiger partial charge in [-0.25, -0.2) is 9.78 Å². The fourth-order valence-corrected chi connectivity index (χ4v) is 2.37. The maximum absolute atomic E-state index is 10.6. The Labute approximate surface area is 110 Å². The molecule has 0 amide bonds. The summed E-state index contributed by atoms with van der Waals surface area (Å²) in [5, 5.41) is 0. The molecule has 19 heavy (non-hydrogen) atoms. The number of aromatic nitrogens is 1. The Morgan fingerprint density at radius 2 is 2.21 bits per heavy atom. The minimum Gasteiger partial charge on any atom is -0.481 e. The van der Waals surface area contributed by atoms with Crippen LogP contribution in [0.4, 0.5) is 5.69 Å². The van der Waals surface area contributed by atoms with Crippen molar-refractivity contribution in [2.24, 2.45) is 4.99 Å². The third-order valence-electron chi connectivity index (χ3n) is 3.44. The molecule has 0 radical (unpaired) electrons. The molecule has 4 nitrogen and oxygen atoms in total. The summed E-state index contributed by atoms with van der Waals surface area (Å²) >= 11 is 0. The molecule has 1 aromatic heterocycles. The minimum absolute atomic E-state index is 0.543. The first-order chi connectivity index (χ1) is 9.33. The van der Waals surface area contributed by atoms with Crippen molar-refractivity contribution in [2.45, 2.75) is 12.8 Å². The first kappa shape index (κ1) is 11.6. The average Bonchev–Trinajstić information content (AvgIpc) is 2.41. The lowest BCUT2D eigenvalue weighted by Gasteiger charge is -2.22. The van der Waals surface area contributed by atoms with Crippen LogP contribution in [0.3, 0.4) is 0 Å². The predicted molar refractivity (Wildman–Crippen MR) is 71.4 cm³/mol. The maximum atomic E-state index is 10.6. The van der Waals surface area contributed by atoms with E-state index in [0.717, 1.165) is 35.2 Å². The third kappa shape index (κ3) is 1.92. The van der Waals surface area contributed by atoms with Crippen LogP contribution in [0.25, 0.3) is 11.1 Å². The fraction of sp³-hybridized carbons (Fsp3) is 0.200. The Kier molecular flexibility index (Phi) is 2.86. The van der Waals surface area contributed by atoms with Crippen LogP contribution in [0.2, 0.25) is 0 Å². The highest BCUT2D eigenvalue weighted by Gasteiger charge is 2.20. The molecule has 1 aromatic carbocycles. The number of nitrogens with zero attached hydrogens (tertiary/aromatic N) is 2. The molecule has 4 heteroatoms. The second-order valence-corrected chi connectivity index (χ2v) is 4.39. The Hall–Kier alpha value is -2.45. The molecule has 0 aliphatic heterocycles. The normalized spacial score (nSPS) is 12.1. The molecule has 0 fully saturated rings. The number of ether oxygens (including phenoxy) is 1. The lowest BCUT2D eigenvalue weighted by molar-refractivity contribution is 0.398. The van der Waals surface area contributed by atoms with Gasteiger partial charge >= 0.3 is 0 Å². The van der Waals surface area contributed by atoms with Gasteiger partial charge in [0.2, 0.25) is 12.0 Å². The first-order valence-electron chi connectivity index (χ1n) is 6.06. The Morgan fingerprint density at radius 1 is 1.32 bits per heavy atom. The molecule has 1 aliphatic carbocycles. The first-order valence-corrected chi connectivity index (χ1v) is 6.06. The second-order valence-electron chi connectivity index (χ2n) is 4.39. The van der Waals surface area contributed by atoms with E-state index in [1.54, 1.807) is 19.4 Å². The van der Waals surface area contributed by atoms with Gasteiger partial charge in [-0.05, 0) is 35.6 Å². The van der Waals surface area contributed by atoms with Gasteiger partial charge in [0.05, 0.1) is 12.8 Å². The van der Waals surface area contributed by atoms with E-state index in [9.17, 15) is 4.79 Å². The van der Waals surface area contributed by atoms with Crippen LogP contribution in [-0.4, -0.2) is 18.2 Å². The Bertz CT molecular complexity index is 689. The van der Waals surface area contributed by atoms with Crippen molar-refractivity contribution < 1.29 is 9.53 Å². The van der Waals surface area contributed by atoms with E-state index in [2.05, 4.69) is 16.0 Å². The summed E-state index contributed by atoms with van der Waals surface area (Å²) in [5.74, 6) is 0.543. The Balaban J connectivity index is 2.19. The zero-order chi connectivity index (χ0) is 13.2. The molecule has 3 rings (SSSR count). The molecule has 0 bridgehead atoms. The predicted octanol–water partition coefficient (Wildman–Crippen LogP) is 2.82. The summed E-state index contributed by atoms with van der Waals surface area (Å²) in [7, 11) is 1.58. The number of hydrogen-bond donors (Lipinski definition) is 0. The number of isocyanates is 1. The molecule has 1 aliphatic rings. The highest BCUT2D eigenvalue weighted by Crippen LogP contribution is 2.40. The van der Waals surface area contributed by atoms with E-state index in [0.29, 0.717) is 5.88 Å². The van der Waals surface area contributed by atoms with Gasteiger partial charge in [0.15, 0.2) is 0 Å². The molecule has 94 valence electrons. The molecule has 0 saturated heterocycles. The SMILES string of the molecule is COc1cc(-c2ccc3c(c2N=C=O)CC3)ccn1. The van der Waals surface area contributed by atoms with Crippen molar-refractivity contribution in [3.63, 3.8) is 0 Å². The largest absolute Gasteiger partial charge is 0.481 e. The number of rotatable bonds is 3. The molecule has 0 spiro atoms. The number of hydrogen-bond acceptors (Lipinski definition) is 4. The van der Waals surface area contributed by atoms with Crippen LogP contribution in [-0.2, 0) is 17.6 Å². The van der Waals surface area contributed by atoms with Crippen LogP contribution in [0.5, 0.6) is 5.88 Å². The molecule has 2 aromatic rings. The van der Waals surface area contributed by atoms with Gasteiger partial charge in [0.25, 0.3) is 0 Å². The van der Waals surface area contributed by atoms with Crippen molar-refractivity contribution in [2.75, 3.05) is 7.11 Å². The summed E-state index contributed by atoms with van der Waals surface area (Å²) in [6.45, 7) is 0. The highest BCUT2D eigenvalue weighted by atomic mass is 16.5. The summed E-state index contributed by atoms with van der Waals surface area (Å²) in [6, 6.07) is 7.80. The van der Waals surface area contributed by atoms with Crippen molar-refractivity contribution in [1.29, 1.82) is 0 Å². The van der Waals surface area contributed by atoms with Crippen molar-refractivity contribution in [3.05, 3.63) is 41.6 Å². The summed E-state index contributed by atoms with van der Waals surface area (Å²) < 4.78 is 5.13. The van der Waals surface area contributed by atoms with Crippen LogP contribution >= 0.6 is 0 Å². The quantitative estimate of drug-likeness (QED) is 0.623. The van der Waals surface area contributed by atoms with E-state index in [-0.39, 0.29) is 0 Å². The van der Waals surface area contributed by atoms with Gasteiger partial charge < -0.3 is 4.74 Å². The van der Waals surface area contributed by atoms with Crippen LogP contribution < -0.4 is 4.74 Å². The zero-order valence-corrected chi connectivity index (χ0v) is 10.5. The molecule has 0 N–H and O–H groups in total. The smallest absolute Gasteiger partial charge is 0.240 e. The number of carbonyl (C=O) groups excluding carboxylic acids is 1. The van der Waals surface area contributed by atoms with Crippen LogP contribution in [0.1, 0.15) is 11.1 Å². The standard InChI is InChI=1S/C15H12N2O2/c1-19-14-8-11(6-7-16-14)13-5-3-10-2-4-12(10)15(13)17-9-18/h3,5-8H,2,4H2,1H3. The van der Waals surface area contributed by atoms with Crippen LogP contribution in [0, 0.1) is 0 Å². The van der Waals surface area contributed by atoms with Crippen molar-refractivity contribution in [3.8, 4) is 17.0 Å². The van der Waals surface area contributed by atoms with E-state index < -0.39 is 0 Å². The summed E-state index contributed by atoms with van der Waals surface area (Å²) in [5.41, 5.74) is 5.00. The lowest BCUT2D eigenvalue weighted by Crippen LogP contribution is -2.08. The van der Waals surface area contributed by atoms with Gasteiger partial charge in [0.1, 0.15) is 0 Å². The number of fused-ring (bicyclic) bond motifs is 1. The lowest BCUT2D eigenvalue weighted by atomic mass is 9.84. The Morgan fingerprint density at radius 3 is 2.89 bits per heavy atom. The van der Waals surface area contributed by atoms with Crippen molar-refractivity contribution >= 4 is 11.8 Å². The molecular weight excluding hydrogens is 240 g/mol. The number of aliphatic imine (C=N–C) groups is 1. The topological polar surface area (TPSA) is 51.5 Å². The maximum Gasteiger partial charge on any atom is 0.240 e. The summed E-state index contributed by atoms with van der Waals surface area (Å²) in [6.07, 6.45) is 5.35. The molecule has 1 heterocycles. The summed E-state index contributed by atoms with van der Waals surface area (Å²) in [4.78, 5) is 18.6. The fourth-order valence-electron chi connectivity index (χ4n) is 2.37. The number of benzene rings is 1. The van der Waals surface area contributed by atoms with E-state index in [1.165, 1.54) is 5.56 Å². The second kappa shape index (κ2) is 4.67. The van der Waals surface area contributed by atoms with Gasteiger partial charge in [-0.2, -0.15) is 4.99 Å². The van der Waals surface area contributed by atoms with Crippen LogP contribution in [0.15, 0.2) is 35.5 Å². The van der Waals surface area contributed by atoms with E-state index in [4.69, 9.17) is 4.74 Å². The third-order valence-corrected chi connectivity index (χ3v) is 3.44. The average molecular weight is 252 g/mol. The molecule has 0 atom stereocenters. The van der Waals surface area contributed by atoms with E-state index in [1.807, 2.05) is 18.2 Å².